The number of hydrogen-bond donors (Lipinski definition) is 1. The van der Waals surface area contributed by atoms with Crippen LogP contribution in [0.4, 0.5) is 5.69 Å². The Morgan fingerprint density at radius 3 is 2.20 bits per heavy atom. The van der Waals surface area contributed by atoms with Gasteiger partial charge in [0.2, 0.25) is 0 Å². The molecule has 0 aromatic heterocycles. The van der Waals surface area contributed by atoms with Crippen LogP contribution in [0.2, 0.25) is 24.7 Å². The molecule has 15 heavy (non-hydrogen) atoms. The smallest absolute Gasteiger partial charge is 0.0516 e. The lowest BCUT2D eigenvalue weighted by Crippen LogP contribution is -2.30. The fourth-order valence-electron chi connectivity index (χ4n) is 1.67. The minimum Gasteiger partial charge on any atom is -0.385 e. The van der Waals surface area contributed by atoms with Crippen LogP contribution in [0.15, 0.2) is 30.3 Å². The fraction of sp³-hybridized carbons (Fsp3) is 0.538. The van der Waals surface area contributed by atoms with Gasteiger partial charge in [-0.25, -0.2) is 0 Å². The normalized spacial score (nSPS) is 11.4. The molecule has 2 heteroatoms. The summed E-state index contributed by atoms with van der Waals surface area (Å²) in [6.45, 7) is 8.34. The molecular weight excluding hydrogens is 198 g/mol. The quantitative estimate of drug-likeness (QED) is 0.709. The van der Waals surface area contributed by atoms with E-state index in [-0.39, 0.29) is 0 Å². The van der Waals surface area contributed by atoms with Crippen LogP contribution in [-0.4, -0.2) is 14.6 Å². The Labute approximate surface area is 94.9 Å². The van der Waals surface area contributed by atoms with Crippen molar-refractivity contribution in [2.75, 3.05) is 11.9 Å². The molecule has 0 unspecified atom stereocenters. The van der Waals surface area contributed by atoms with Crippen molar-refractivity contribution in [2.24, 2.45) is 0 Å². The van der Waals surface area contributed by atoms with Crippen LogP contribution in [0.5, 0.6) is 0 Å². The minimum atomic E-state index is -0.914. The summed E-state index contributed by atoms with van der Waals surface area (Å²) in [4.78, 5) is 0. The molecule has 1 aromatic carbocycles. The molecular formula is C13H23NSi. The van der Waals surface area contributed by atoms with E-state index in [1.807, 2.05) is 0 Å². The molecule has 0 aliphatic heterocycles. The Morgan fingerprint density at radius 1 is 1.07 bits per heavy atom. The van der Waals surface area contributed by atoms with Crippen molar-refractivity contribution >= 4 is 13.8 Å². The van der Waals surface area contributed by atoms with Crippen molar-refractivity contribution in [2.45, 2.75) is 38.5 Å². The van der Waals surface area contributed by atoms with E-state index in [0.717, 1.165) is 6.54 Å². The zero-order valence-electron chi connectivity index (χ0n) is 10.2. The van der Waals surface area contributed by atoms with Crippen LogP contribution in [0.1, 0.15) is 13.8 Å². The Morgan fingerprint density at radius 2 is 1.67 bits per heavy atom. The van der Waals surface area contributed by atoms with Gasteiger partial charge in [0.1, 0.15) is 0 Å². The first-order valence-electron chi connectivity index (χ1n) is 5.99. The minimum absolute atomic E-state index is 0.914. The van der Waals surface area contributed by atoms with Gasteiger partial charge in [0.25, 0.3) is 0 Å². The zero-order valence-corrected chi connectivity index (χ0v) is 11.2. The molecule has 1 N–H and O–H groups in total. The van der Waals surface area contributed by atoms with E-state index in [4.69, 9.17) is 0 Å². The topological polar surface area (TPSA) is 12.0 Å². The first kappa shape index (κ1) is 12.3. The molecule has 1 aromatic rings. The summed E-state index contributed by atoms with van der Waals surface area (Å²) in [5.41, 5.74) is 1.25. The van der Waals surface area contributed by atoms with E-state index in [0.29, 0.717) is 0 Å². The molecule has 0 spiro atoms. The van der Waals surface area contributed by atoms with Gasteiger partial charge >= 0.3 is 0 Å². The Bertz CT molecular complexity index is 267. The largest absolute Gasteiger partial charge is 0.385 e. The van der Waals surface area contributed by atoms with Crippen molar-refractivity contribution in [3.8, 4) is 0 Å². The average Bonchev–Trinajstić information content (AvgIpc) is 2.30. The first-order valence-corrected chi connectivity index (χ1v) is 9.11. The molecule has 1 rings (SSSR count). The summed E-state index contributed by atoms with van der Waals surface area (Å²) in [6, 6.07) is 14.7. The molecule has 0 aliphatic rings. The second kappa shape index (κ2) is 5.96. The molecule has 0 atom stereocenters. The van der Waals surface area contributed by atoms with Gasteiger partial charge < -0.3 is 5.32 Å². The molecule has 0 aliphatic carbocycles. The predicted octanol–water partition coefficient (Wildman–Crippen LogP) is 4.22. The Kier molecular flexibility index (Phi) is 4.89. The summed E-state index contributed by atoms with van der Waals surface area (Å²) in [5.74, 6) is 0. The molecule has 0 heterocycles. The lowest BCUT2D eigenvalue weighted by atomic mass is 10.3. The number of nitrogens with one attached hydrogen (secondary N) is 1. The highest BCUT2D eigenvalue weighted by atomic mass is 28.3. The number of hydrogen-bond acceptors (Lipinski definition) is 1. The molecule has 1 nitrogen and oxygen atoms in total. The zero-order chi connectivity index (χ0) is 11.1. The fourth-order valence-corrected chi connectivity index (χ4v) is 3.60. The maximum Gasteiger partial charge on any atom is 0.0516 e. The van der Waals surface area contributed by atoms with Crippen LogP contribution < -0.4 is 5.32 Å². The van der Waals surface area contributed by atoms with Crippen LogP contribution in [0, 0.1) is 0 Å². The van der Waals surface area contributed by atoms with Gasteiger partial charge in [-0.1, -0.05) is 50.7 Å². The monoisotopic (exact) mass is 221 g/mol. The predicted molar refractivity (Wildman–Crippen MR) is 72.3 cm³/mol. The second-order valence-corrected chi connectivity index (χ2v) is 10.1. The molecule has 0 saturated carbocycles. The molecule has 0 fully saturated rings. The van der Waals surface area contributed by atoms with Gasteiger partial charge in [-0.2, -0.15) is 0 Å². The summed E-state index contributed by atoms with van der Waals surface area (Å²) >= 11 is 0. The lowest BCUT2D eigenvalue weighted by Gasteiger charge is -2.24. The number of rotatable bonds is 6. The third-order valence-electron chi connectivity index (χ3n) is 3.54. The van der Waals surface area contributed by atoms with Gasteiger partial charge in [-0.05, 0) is 18.2 Å². The van der Waals surface area contributed by atoms with Crippen molar-refractivity contribution in [3.05, 3.63) is 30.3 Å². The van der Waals surface area contributed by atoms with Crippen LogP contribution in [-0.2, 0) is 0 Å². The maximum atomic E-state index is 3.50. The van der Waals surface area contributed by atoms with E-state index >= 15 is 0 Å². The van der Waals surface area contributed by atoms with E-state index in [1.54, 1.807) is 0 Å². The third-order valence-corrected chi connectivity index (χ3v) is 8.41. The SMILES string of the molecule is CC[Si](C)(CC)CCNc1ccccc1. The van der Waals surface area contributed by atoms with E-state index in [2.05, 4.69) is 56.0 Å². The molecule has 0 bridgehead atoms. The summed E-state index contributed by atoms with van der Waals surface area (Å²) in [7, 11) is -0.914. The molecule has 0 radical (unpaired) electrons. The highest BCUT2D eigenvalue weighted by Crippen LogP contribution is 2.20. The van der Waals surface area contributed by atoms with Crippen molar-refractivity contribution < 1.29 is 0 Å². The van der Waals surface area contributed by atoms with E-state index < -0.39 is 8.07 Å². The first-order chi connectivity index (χ1) is 7.20. The second-order valence-electron chi connectivity index (χ2n) is 4.56. The molecule has 0 saturated heterocycles. The van der Waals surface area contributed by atoms with Crippen LogP contribution >= 0.6 is 0 Å². The van der Waals surface area contributed by atoms with Gasteiger partial charge in [0.15, 0.2) is 0 Å². The standard InChI is InChI=1S/C13H23NSi/c1-4-15(3,5-2)12-11-14-13-9-7-6-8-10-13/h6-10,14H,4-5,11-12H2,1-3H3. The van der Waals surface area contributed by atoms with Gasteiger partial charge in [0, 0.05) is 12.2 Å². The highest BCUT2D eigenvalue weighted by molar-refractivity contribution is 6.78. The molecule has 84 valence electrons. The Balaban J connectivity index is 2.33. The van der Waals surface area contributed by atoms with Crippen molar-refractivity contribution in [1.29, 1.82) is 0 Å². The summed E-state index contributed by atoms with van der Waals surface area (Å²) in [5, 5.41) is 3.50. The molecule has 0 amide bonds. The number of para-hydroxylation sites is 1. The van der Waals surface area contributed by atoms with Gasteiger partial charge in [-0.15, -0.1) is 0 Å². The van der Waals surface area contributed by atoms with Crippen LogP contribution in [0.3, 0.4) is 0 Å². The average molecular weight is 221 g/mol. The maximum absolute atomic E-state index is 3.50. The summed E-state index contributed by atoms with van der Waals surface area (Å²) < 4.78 is 0. The van der Waals surface area contributed by atoms with Crippen molar-refractivity contribution in [3.63, 3.8) is 0 Å². The van der Waals surface area contributed by atoms with E-state index in [9.17, 15) is 0 Å². The number of anilines is 1. The van der Waals surface area contributed by atoms with Crippen molar-refractivity contribution in [1.82, 2.24) is 0 Å². The number of benzene rings is 1. The Hall–Kier alpha value is -0.763. The van der Waals surface area contributed by atoms with E-state index in [1.165, 1.54) is 23.8 Å². The summed E-state index contributed by atoms with van der Waals surface area (Å²) in [6.07, 6.45) is 0. The highest BCUT2D eigenvalue weighted by Gasteiger charge is 2.21. The van der Waals surface area contributed by atoms with Crippen LogP contribution in [0.25, 0.3) is 0 Å². The third kappa shape index (κ3) is 4.08. The lowest BCUT2D eigenvalue weighted by molar-refractivity contribution is 1.10. The van der Waals surface area contributed by atoms with Gasteiger partial charge in [0.05, 0.1) is 8.07 Å². The van der Waals surface area contributed by atoms with Gasteiger partial charge in [-0.3, -0.25) is 0 Å².